The van der Waals surface area contributed by atoms with Crippen LogP contribution in [0.4, 0.5) is 0 Å². The van der Waals surface area contributed by atoms with Crippen molar-refractivity contribution in [3.63, 3.8) is 0 Å². The molecule has 0 aromatic rings. The highest BCUT2D eigenvalue weighted by molar-refractivity contribution is 8.05. The predicted octanol–water partition coefficient (Wildman–Crippen LogP) is 1.65. The van der Waals surface area contributed by atoms with Crippen LogP contribution in [0.1, 0.15) is 6.92 Å². The summed E-state index contributed by atoms with van der Waals surface area (Å²) in [5, 5.41) is 0. The van der Waals surface area contributed by atoms with Gasteiger partial charge in [0, 0.05) is 22.5 Å². The molecule has 0 aliphatic heterocycles. The monoisotopic (exact) mass is 235 g/mol. The first-order valence-corrected chi connectivity index (χ1v) is 6.31. The second-order valence-corrected chi connectivity index (χ2v) is 6.07. The lowest BCUT2D eigenvalue weighted by Gasteiger charge is -2.10. The van der Waals surface area contributed by atoms with Crippen molar-refractivity contribution < 1.29 is 18.7 Å². The number of carbonyl (C=O) groups excluding carboxylic acids is 1. The molecule has 0 unspecified atom stereocenters. The van der Waals surface area contributed by atoms with Gasteiger partial charge in [0.15, 0.2) is 0 Å². The maximum absolute atomic E-state index is 10.8. The first kappa shape index (κ1) is 12.2. The Morgan fingerprint density at radius 3 is 2.42 bits per heavy atom. The van der Waals surface area contributed by atoms with Gasteiger partial charge in [-0.3, -0.25) is 0 Å². The topological polar surface area (TPSA) is 64.6 Å². The van der Waals surface area contributed by atoms with E-state index in [2.05, 4.69) is 14.8 Å². The van der Waals surface area contributed by atoms with Crippen molar-refractivity contribution in [2.24, 2.45) is 0 Å². The quantitative estimate of drug-likeness (QED) is 0.593. The van der Waals surface area contributed by atoms with E-state index in [0.717, 1.165) is 0 Å². The second kappa shape index (κ2) is 5.04. The summed E-state index contributed by atoms with van der Waals surface area (Å²) in [6, 6.07) is -0.777. The largest absolute Gasteiger partial charge is 0.430 e. The summed E-state index contributed by atoms with van der Waals surface area (Å²) in [5.41, 5.74) is 2.25. The average Bonchev–Trinajstić information content (AvgIpc) is 1.84. The number of carbonyl (C=O) groups is 1. The molecule has 0 bridgehead atoms. The number of halogens is 2. The highest BCUT2D eigenvalue weighted by atomic mass is 35.9. The number of nitrogens with one attached hydrogen (secondary N) is 1. The van der Waals surface area contributed by atoms with Crippen molar-refractivity contribution in [3.05, 3.63) is 0 Å². The second-order valence-electron chi connectivity index (χ2n) is 1.87. The Bertz CT molecular complexity index is 205. The van der Waals surface area contributed by atoms with E-state index in [0.29, 0.717) is 0 Å². The zero-order valence-electron chi connectivity index (χ0n) is 6.41. The van der Waals surface area contributed by atoms with Gasteiger partial charge in [-0.2, -0.15) is 5.48 Å². The van der Waals surface area contributed by atoms with Gasteiger partial charge in [-0.1, -0.05) is 0 Å². The van der Waals surface area contributed by atoms with Gasteiger partial charge >= 0.3 is 12.0 Å². The fourth-order valence-corrected chi connectivity index (χ4v) is 1.18. The maximum Gasteiger partial charge on any atom is 0.430 e. The van der Waals surface area contributed by atoms with Gasteiger partial charge in [0.2, 0.25) is 0 Å². The van der Waals surface area contributed by atoms with Gasteiger partial charge in [-0.05, 0) is 6.92 Å². The molecule has 0 aromatic carbocycles. The van der Waals surface area contributed by atoms with E-state index in [-0.39, 0.29) is 0 Å². The van der Waals surface area contributed by atoms with Crippen molar-refractivity contribution in [2.45, 2.75) is 13.0 Å². The molecule has 0 heterocycles. The number of hydrogen-bond acceptors (Lipinski definition) is 5. The predicted molar refractivity (Wildman–Crippen MR) is 45.0 cm³/mol. The van der Waals surface area contributed by atoms with Crippen molar-refractivity contribution in [1.29, 1.82) is 0 Å². The summed E-state index contributed by atoms with van der Waals surface area (Å²) in [7, 11) is 1.32. The van der Waals surface area contributed by atoms with Crippen LogP contribution < -0.4 is 5.48 Å². The molecule has 72 valence electrons. The smallest absolute Gasteiger partial charge is 0.388 e. The van der Waals surface area contributed by atoms with Gasteiger partial charge in [-0.15, -0.1) is 0 Å². The van der Waals surface area contributed by atoms with Gasteiger partial charge in [0.25, 0.3) is 0 Å². The summed E-state index contributed by atoms with van der Waals surface area (Å²) >= 11 is 9.96. The molecule has 0 spiro atoms. The molecular formula is C4H8Cl2NO4P. The van der Waals surface area contributed by atoms with Gasteiger partial charge in [-0.25, -0.2) is 9.36 Å². The Morgan fingerprint density at radius 1 is 1.58 bits per heavy atom. The summed E-state index contributed by atoms with van der Waals surface area (Å²) in [6.45, 7) is 1.44. The van der Waals surface area contributed by atoms with Crippen molar-refractivity contribution in [2.75, 3.05) is 7.11 Å². The minimum Gasteiger partial charge on any atom is -0.388 e. The molecule has 0 amide bonds. The number of hydroxylamine groups is 1. The maximum atomic E-state index is 10.8. The molecule has 1 atom stereocenters. The first-order chi connectivity index (χ1) is 5.37. The molecule has 0 radical (unpaired) electrons. The fraction of sp³-hybridized carbons (Fsp3) is 0.750. The van der Waals surface area contributed by atoms with E-state index < -0.39 is 18.1 Å². The summed E-state index contributed by atoms with van der Waals surface area (Å²) in [4.78, 5) is 15.3. The van der Waals surface area contributed by atoms with E-state index in [1.54, 1.807) is 0 Å². The van der Waals surface area contributed by atoms with Crippen LogP contribution in [-0.2, 0) is 18.7 Å². The molecule has 0 aliphatic carbocycles. The highest BCUT2D eigenvalue weighted by Gasteiger charge is 2.24. The Labute approximate surface area is 79.3 Å². The zero-order chi connectivity index (χ0) is 9.78. The van der Waals surface area contributed by atoms with E-state index in [9.17, 15) is 9.36 Å². The van der Waals surface area contributed by atoms with Crippen LogP contribution in [0.15, 0.2) is 0 Å². The molecule has 8 heteroatoms. The van der Waals surface area contributed by atoms with Crippen LogP contribution >= 0.6 is 28.6 Å². The molecule has 0 aliphatic rings. The molecular weight excluding hydrogens is 228 g/mol. The molecule has 0 saturated heterocycles. The third kappa shape index (κ3) is 5.80. The van der Waals surface area contributed by atoms with Gasteiger partial charge in [0.05, 0.1) is 7.11 Å². The zero-order valence-corrected chi connectivity index (χ0v) is 8.82. The summed E-state index contributed by atoms with van der Waals surface area (Å²) < 4.78 is 14.7. The third-order valence-electron chi connectivity index (χ3n) is 0.844. The molecule has 0 saturated carbocycles. The number of rotatable bonds is 4. The standard InChI is InChI=1S/C4H8Cl2NO4P/c1-3(7-10-2)4(8)11-12(5,6)9/h3,7H,1-2H3/t3-/m0/s1. The highest BCUT2D eigenvalue weighted by Crippen LogP contribution is 2.57. The van der Waals surface area contributed by atoms with E-state index >= 15 is 0 Å². The SMILES string of the molecule is CON[C@@H](C)C(=O)OP(=O)(Cl)Cl. The lowest BCUT2D eigenvalue weighted by Crippen LogP contribution is -2.33. The minimum absolute atomic E-state index is 0.777. The van der Waals surface area contributed by atoms with E-state index in [1.165, 1.54) is 14.0 Å². The Morgan fingerprint density at radius 2 is 2.08 bits per heavy atom. The van der Waals surface area contributed by atoms with Gasteiger partial charge in [0.1, 0.15) is 6.04 Å². The van der Waals surface area contributed by atoms with Gasteiger partial charge < -0.3 is 9.36 Å². The van der Waals surface area contributed by atoms with Crippen LogP contribution in [0, 0.1) is 0 Å². The Kier molecular flexibility index (Phi) is 5.13. The molecule has 0 aromatic heterocycles. The summed E-state index contributed by atoms with van der Waals surface area (Å²) in [5.74, 6) is -0.842. The lowest BCUT2D eigenvalue weighted by molar-refractivity contribution is -0.139. The molecule has 1 N–H and O–H groups in total. The van der Waals surface area contributed by atoms with Crippen LogP contribution in [-0.4, -0.2) is 19.1 Å². The molecule has 0 rings (SSSR count). The van der Waals surface area contributed by atoms with Crippen LogP contribution in [0.5, 0.6) is 0 Å². The number of hydrogen-bond donors (Lipinski definition) is 1. The first-order valence-electron chi connectivity index (χ1n) is 2.88. The average molecular weight is 236 g/mol. The minimum atomic E-state index is -3.80. The fourth-order valence-electron chi connectivity index (χ4n) is 0.409. The van der Waals surface area contributed by atoms with Crippen LogP contribution in [0.3, 0.4) is 0 Å². The molecule has 12 heavy (non-hydrogen) atoms. The molecule has 5 nitrogen and oxygen atoms in total. The molecule has 0 fully saturated rings. The third-order valence-corrected chi connectivity index (χ3v) is 1.65. The van der Waals surface area contributed by atoms with E-state index in [4.69, 9.17) is 22.5 Å². The van der Waals surface area contributed by atoms with Crippen LogP contribution in [0.25, 0.3) is 0 Å². The van der Waals surface area contributed by atoms with Crippen LogP contribution in [0.2, 0.25) is 0 Å². The van der Waals surface area contributed by atoms with Crippen molar-refractivity contribution in [3.8, 4) is 0 Å². The van der Waals surface area contributed by atoms with E-state index in [1.807, 2.05) is 0 Å². The Hall–Kier alpha value is 0.200. The summed E-state index contributed by atoms with van der Waals surface area (Å²) in [6.07, 6.45) is -3.80. The lowest BCUT2D eigenvalue weighted by atomic mass is 10.4. The van der Waals surface area contributed by atoms with Crippen molar-refractivity contribution in [1.82, 2.24) is 5.48 Å². The normalized spacial score (nSPS) is 14.0. The van der Waals surface area contributed by atoms with Crippen molar-refractivity contribution >= 4 is 34.5 Å². The Balaban J connectivity index is 3.96.